The predicted molar refractivity (Wildman–Crippen MR) is 46.6 cm³/mol. The third kappa shape index (κ3) is 2.46. The average Bonchev–Trinajstić information content (AvgIpc) is 2.13. The molecule has 1 rings (SSSR count). The van der Waals surface area contributed by atoms with E-state index in [0.717, 1.165) is 12.8 Å². The monoisotopic (exact) mass is 157 g/mol. The molecule has 0 amide bonds. The van der Waals surface area contributed by atoms with Gasteiger partial charge in [0.05, 0.1) is 6.10 Å². The summed E-state index contributed by atoms with van der Waals surface area (Å²) in [7, 11) is 4.11. The Labute approximate surface area is 69.2 Å². The Bertz CT molecular complexity index is 114. The predicted octanol–water partition coefficient (Wildman–Crippen LogP) is 1.24. The molecule has 0 spiro atoms. The smallest absolute Gasteiger partial charge is 0.0695 e. The number of aliphatic hydroxyl groups is 1. The molecule has 1 N–H and O–H groups in total. The van der Waals surface area contributed by atoms with Crippen molar-refractivity contribution < 1.29 is 5.11 Å². The minimum Gasteiger partial charge on any atom is -0.391 e. The van der Waals surface area contributed by atoms with Gasteiger partial charge >= 0.3 is 0 Å². The SMILES string of the molecule is CN(C)[C@H]1CCCCC[C@H]1O. The first-order valence-electron chi connectivity index (χ1n) is 4.56. The highest BCUT2D eigenvalue weighted by Crippen LogP contribution is 2.20. The van der Waals surface area contributed by atoms with Crippen molar-refractivity contribution in [1.29, 1.82) is 0 Å². The molecule has 0 aromatic rings. The van der Waals surface area contributed by atoms with E-state index in [1.54, 1.807) is 0 Å². The highest BCUT2D eigenvalue weighted by atomic mass is 16.3. The summed E-state index contributed by atoms with van der Waals surface area (Å²) in [5.41, 5.74) is 0. The number of hydrogen-bond acceptors (Lipinski definition) is 2. The molecule has 2 nitrogen and oxygen atoms in total. The van der Waals surface area contributed by atoms with Crippen LogP contribution in [0.2, 0.25) is 0 Å². The van der Waals surface area contributed by atoms with Crippen LogP contribution in [0.15, 0.2) is 0 Å². The van der Waals surface area contributed by atoms with Gasteiger partial charge in [0.25, 0.3) is 0 Å². The van der Waals surface area contributed by atoms with Crippen LogP contribution in [0.1, 0.15) is 32.1 Å². The topological polar surface area (TPSA) is 23.5 Å². The zero-order chi connectivity index (χ0) is 8.27. The highest BCUT2D eigenvalue weighted by molar-refractivity contribution is 4.78. The molecule has 0 aromatic carbocycles. The second kappa shape index (κ2) is 4.07. The van der Waals surface area contributed by atoms with E-state index in [1.807, 2.05) is 0 Å². The van der Waals surface area contributed by atoms with Crippen molar-refractivity contribution in [3.63, 3.8) is 0 Å². The lowest BCUT2D eigenvalue weighted by atomic mass is 10.1. The quantitative estimate of drug-likeness (QED) is 0.579. The molecule has 1 aliphatic carbocycles. The molecule has 1 saturated carbocycles. The van der Waals surface area contributed by atoms with E-state index in [0.29, 0.717) is 6.04 Å². The molecule has 11 heavy (non-hydrogen) atoms. The summed E-state index contributed by atoms with van der Waals surface area (Å²) in [6.07, 6.45) is 5.83. The number of aliphatic hydroxyl groups excluding tert-OH is 1. The normalized spacial score (nSPS) is 33.8. The van der Waals surface area contributed by atoms with Gasteiger partial charge in [-0.1, -0.05) is 19.3 Å². The molecule has 0 saturated heterocycles. The van der Waals surface area contributed by atoms with Crippen LogP contribution in [-0.4, -0.2) is 36.2 Å². The number of hydrogen-bond donors (Lipinski definition) is 1. The Balaban J connectivity index is 2.45. The Morgan fingerprint density at radius 3 is 2.36 bits per heavy atom. The number of likely N-dealkylation sites (N-methyl/N-ethyl adjacent to an activating group) is 1. The van der Waals surface area contributed by atoms with Crippen LogP contribution >= 0.6 is 0 Å². The first-order valence-corrected chi connectivity index (χ1v) is 4.56. The molecule has 1 aliphatic rings. The summed E-state index contributed by atoms with van der Waals surface area (Å²) in [5, 5.41) is 9.68. The number of nitrogens with zero attached hydrogens (tertiary/aromatic N) is 1. The Morgan fingerprint density at radius 2 is 1.73 bits per heavy atom. The maximum Gasteiger partial charge on any atom is 0.0695 e. The van der Waals surface area contributed by atoms with Crippen LogP contribution in [0.4, 0.5) is 0 Å². The van der Waals surface area contributed by atoms with Crippen molar-refractivity contribution in [1.82, 2.24) is 4.90 Å². The van der Waals surface area contributed by atoms with Gasteiger partial charge in [-0.05, 0) is 26.9 Å². The molecular weight excluding hydrogens is 138 g/mol. The molecule has 2 heteroatoms. The van der Waals surface area contributed by atoms with Crippen molar-refractivity contribution in [2.24, 2.45) is 0 Å². The minimum atomic E-state index is -0.0903. The number of rotatable bonds is 1. The average molecular weight is 157 g/mol. The zero-order valence-corrected chi connectivity index (χ0v) is 7.58. The first-order chi connectivity index (χ1) is 5.22. The fourth-order valence-electron chi connectivity index (χ4n) is 1.87. The van der Waals surface area contributed by atoms with Gasteiger partial charge in [-0.2, -0.15) is 0 Å². The van der Waals surface area contributed by atoms with Gasteiger partial charge in [0.1, 0.15) is 0 Å². The van der Waals surface area contributed by atoms with E-state index in [-0.39, 0.29) is 6.10 Å². The fraction of sp³-hybridized carbons (Fsp3) is 1.00. The largest absolute Gasteiger partial charge is 0.391 e. The molecule has 0 bridgehead atoms. The lowest BCUT2D eigenvalue weighted by Gasteiger charge is -2.26. The highest BCUT2D eigenvalue weighted by Gasteiger charge is 2.22. The van der Waals surface area contributed by atoms with Crippen molar-refractivity contribution in [2.45, 2.75) is 44.2 Å². The zero-order valence-electron chi connectivity index (χ0n) is 7.58. The second-order valence-corrected chi connectivity index (χ2v) is 3.74. The summed E-state index contributed by atoms with van der Waals surface area (Å²) >= 11 is 0. The third-order valence-electron chi connectivity index (χ3n) is 2.61. The lowest BCUT2D eigenvalue weighted by molar-refractivity contribution is 0.0707. The van der Waals surface area contributed by atoms with Gasteiger partial charge in [0, 0.05) is 6.04 Å². The van der Waals surface area contributed by atoms with Gasteiger partial charge in [0.15, 0.2) is 0 Å². The Kier molecular flexibility index (Phi) is 3.34. The summed E-state index contributed by atoms with van der Waals surface area (Å²) < 4.78 is 0. The third-order valence-corrected chi connectivity index (χ3v) is 2.61. The van der Waals surface area contributed by atoms with Gasteiger partial charge in [-0.15, -0.1) is 0 Å². The lowest BCUT2D eigenvalue weighted by Crippen LogP contribution is -2.37. The van der Waals surface area contributed by atoms with E-state index >= 15 is 0 Å². The van der Waals surface area contributed by atoms with Gasteiger partial charge in [-0.3, -0.25) is 0 Å². The maximum absolute atomic E-state index is 9.68. The molecule has 0 radical (unpaired) electrons. The van der Waals surface area contributed by atoms with Crippen LogP contribution in [0.25, 0.3) is 0 Å². The van der Waals surface area contributed by atoms with Crippen LogP contribution < -0.4 is 0 Å². The molecule has 1 fully saturated rings. The molecule has 0 unspecified atom stereocenters. The van der Waals surface area contributed by atoms with E-state index in [1.165, 1.54) is 19.3 Å². The standard InChI is InChI=1S/C9H19NO/c1-10(2)8-6-4-3-5-7-9(8)11/h8-9,11H,3-7H2,1-2H3/t8-,9+/m0/s1. The van der Waals surface area contributed by atoms with E-state index in [9.17, 15) is 5.11 Å². The summed E-state index contributed by atoms with van der Waals surface area (Å²) in [6, 6.07) is 0.400. The Hall–Kier alpha value is -0.0800. The summed E-state index contributed by atoms with van der Waals surface area (Å²) in [4.78, 5) is 2.15. The van der Waals surface area contributed by atoms with Gasteiger partial charge in [0.2, 0.25) is 0 Å². The fourth-order valence-corrected chi connectivity index (χ4v) is 1.87. The summed E-state index contributed by atoms with van der Waals surface area (Å²) in [6.45, 7) is 0. The van der Waals surface area contributed by atoms with Gasteiger partial charge in [-0.25, -0.2) is 0 Å². The van der Waals surface area contributed by atoms with E-state index in [2.05, 4.69) is 19.0 Å². The first kappa shape index (κ1) is 9.01. The maximum atomic E-state index is 9.68. The van der Waals surface area contributed by atoms with Crippen molar-refractivity contribution in [3.8, 4) is 0 Å². The molecule has 2 atom stereocenters. The molecule has 66 valence electrons. The molecule has 0 heterocycles. The minimum absolute atomic E-state index is 0.0903. The van der Waals surface area contributed by atoms with Crippen LogP contribution in [0, 0.1) is 0 Å². The van der Waals surface area contributed by atoms with Crippen LogP contribution in [0.3, 0.4) is 0 Å². The molecule has 0 aliphatic heterocycles. The van der Waals surface area contributed by atoms with E-state index in [4.69, 9.17) is 0 Å². The Morgan fingerprint density at radius 1 is 1.09 bits per heavy atom. The summed E-state index contributed by atoms with van der Waals surface area (Å²) in [5.74, 6) is 0. The van der Waals surface area contributed by atoms with Gasteiger partial charge < -0.3 is 10.0 Å². The van der Waals surface area contributed by atoms with Crippen molar-refractivity contribution >= 4 is 0 Å². The van der Waals surface area contributed by atoms with E-state index < -0.39 is 0 Å². The molecule has 0 aromatic heterocycles. The van der Waals surface area contributed by atoms with Crippen LogP contribution in [-0.2, 0) is 0 Å². The molecular formula is C9H19NO. The van der Waals surface area contributed by atoms with Crippen molar-refractivity contribution in [2.75, 3.05) is 14.1 Å². The van der Waals surface area contributed by atoms with Crippen LogP contribution in [0.5, 0.6) is 0 Å². The second-order valence-electron chi connectivity index (χ2n) is 3.74. The van der Waals surface area contributed by atoms with Crippen molar-refractivity contribution in [3.05, 3.63) is 0 Å².